The van der Waals surface area contributed by atoms with E-state index in [-0.39, 0.29) is 12.5 Å². The Morgan fingerprint density at radius 1 is 1.00 bits per heavy atom. The quantitative estimate of drug-likeness (QED) is 0.461. The summed E-state index contributed by atoms with van der Waals surface area (Å²) in [7, 11) is 0. The highest BCUT2D eigenvalue weighted by molar-refractivity contribution is 7.15. The van der Waals surface area contributed by atoms with E-state index in [1.54, 1.807) is 6.92 Å². The molecule has 0 radical (unpaired) electrons. The molecular formula is C24H26N2O3S. The molecule has 0 fully saturated rings. The van der Waals surface area contributed by atoms with Crippen LogP contribution in [0.2, 0.25) is 0 Å². The predicted molar refractivity (Wildman–Crippen MR) is 122 cm³/mol. The Hall–Kier alpha value is -2.96. The van der Waals surface area contributed by atoms with Gasteiger partial charge in [-0.25, -0.2) is 4.79 Å². The zero-order valence-electron chi connectivity index (χ0n) is 17.2. The van der Waals surface area contributed by atoms with Crippen molar-refractivity contribution < 1.29 is 14.3 Å². The second-order valence-electron chi connectivity index (χ2n) is 6.73. The van der Waals surface area contributed by atoms with E-state index in [4.69, 9.17) is 4.74 Å². The summed E-state index contributed by atoms with van der Waals surface area (Å²) in [6, 6.07) is 18.7. The molecule has 0 saturated carbocycles. The van der Waals surface area contributed by atoms with Crippen LogP contribution in [0.5, 0.6) is 0 Å². The van der Waals surface area contributed by atoms with Gasteiger partial charge in [0.1, 0.15) is 16.6 Å². The number of carbonyl (C=O) groups is 2. The van der Waals surface area contributed by atoms with Crippen LogP contribution in [0.25, 0.3) is 11.1 Å². The highest BCUT2D eigenvalue weighted by Gasteiger charge is 2.26. The van der Waals surface area contributed by atoms with Crippen LogP contribution >= 0.6 is 11.3 Å². The van der Waals surface area contributed by atoms with Gasteiger partial charge in [0, 0.05) is 10.9 Å². The summed E-state index contributed by atoms with van der Waals surface area (Å²) in [5.41, 5.74) is 2.93. The predicted octanol–water partition coefficient (Wildman–Crippen LogP) is 5.27. The third-order valence-electron chi connectivity index (χ3n) is 4.59. The molecule has 3 rings (SSSR count). The first-order valence-corrected chi connectivity index (χ1v) is 11.0. The van der Waals surface area contributed by atoms with Crippen molar-refractivity contribution in [2.24, 2.45) is 0 Å². The average Bonchev–Trinajstić information content (AvgIpc) is 3.19. The van der Waals surface area contributed by atoms with Crippen molar-refractivity contribution in [2.45, 2.75) is 26.3 Å². The largest absolute Gasteiger partial charge is 0.462 e. The first kappa shape index (κ1) is 21.7. The van der Waals surface area contributed by atoms with E-state index < -0.39 is 12.0 Å². The van der Waals surface area contributed by atoms with E-state index in [9.17, 15) is 9.59 Å². The third-order valence-corrected chi connectivity index (χ3v) is 5.48. The van der Waals surface area contributed by atoms with E-state index >= 15 is 0 Å². The van der Waals surface area contributed by atoms with Crippen molar-refractivity contribution in [2.75, 3.05) is 18.5 Å². The van der Waals surface area contributed by atoms with Crippen molar-refractivity contribution >= 4 is 28.2 Å². The number of benzene rings is 2. The Bertz CT molecular complexity index is 971. The van der Waals surface area contributed by atoms with Gasteiger partial charge in [0.2, 0.25) is 5.91 Å². The molecule has 1 amide bonds. The van der Waals surface area contributed by atoms with E-state index in [0.717, 1.165) is 23.1 Å². The molecule has 1 heterocycles. The van der Waals surface area contributed by atoms with E-state index in [1.165, 1.54) is 11.3 Å². The fourth-order valence-electron chi connectivity index (χ4n) is 3.17. The molecule has 0 aliphatic rings. The van der Waals surface area contributed by atoms with Crippen molar-refractivity contribution in [3.05, 3.63) is 77.2 Å². The van der Waals surface area contributed by atoms with Gasteiger partial charge in [-0.1, -0.05) is 67.6 Å². The summed E-state index contributed by atoms with van der Waals surface area (Å²) >= 11 is 1.33. The molecule has 0 saturated heterocycles. The molecule has 30 heavy (non-hydrogen) atoms. The lowest BCUT2D eigenvalue weighted by molar-refractivity contribution is -0.118. The highest BCUT2D eigenvalue weighted by atomic mass is 32.1. The maximum absolute atomic E-state index is 13.2. The lowest BCUT2D eigenvalue weighted by Crippen LogP contribution is -2.33. The lowest BCUT2D eigenvalue weighted by Gasteiger charge is -2.18. The number of esters is 1. The van der Waals surface area contributed by atoms with Gasteiger partial charge in [0.05, 0.1) is 6.61 Å². The fourth-order valence-corrected chi connectivity index (χ4v) is 4.13. The number of carbonyl (C=O) groups excluding carboxylic acids is 2. The van der Waals surface area contributed by atoms with Gasteiger partial charge < -0.3 is 15.4 Å². The van der Waals surface area contributed by atoms with Crippen LogP contribution in [-0.4, -0.2) is 25.0 Å². The Labute approximate surface area is 181 Å². The van der Waals surface area contributed by atoms with Gasteiger partial charge in [0.15, 0.2) is 0 Å². The lowest BCUT2D eigenvalue weighted by atomic mass is 10.0. The van der Waals surface area contributed by atoms with Gasteiger partial charge in [-0.05, 0) is 31.0 Å². The zero-order chi connectivity index (χ0) is 21.3. The van der Waals surface area contributed by atoms with Gasteiger partial charge in [-0.2, -0.15) is 0 Å². The molecule has 1 aromatic heterocycles. The second-order valence-corrected chi connectivity index (χ2v) is 7.61. The van der Waals surface area contributed by atoms with Gasteiger partial charge in [-0.15, -0.1) is 11.3 Å². The fraction of sp³-hybridized carbons (Fsp3) is 0.250. The summed E-state index contributed by atoms with van der Waals surface area (Å²) in [4.78, 5) is 25.9. The number of hydrogen-bond donors (Lipinski definition) is 2. The second kappa shape index (κ2) is 10.7. The third kappa shape index (κ3) is 5.14. The summed E-state index contributed by atoms with van der Waals surface area (Å²) in [6.45, 7) is 4.79. The molecule has 0 aliphatic carbocycles. The normalized spacial score (nSPS) is 11.7. The molecule has 1 atom stereocenters. The molecular weight excluding hydrogens is 396 g/mol. The molecule has 3 aromatic rings. The number of thiophene rings is 1. The number of amides is 1. The number of ether oxygens (including phenoxy) is 1. The SMILES string of the molecule is CCCNC(C(=O)Nc1scc(-c2ccccc2)c1C(=O)OCC)c1ccccc1. The number of nitrogens with one attached hydrogen (secondary N) is 2. The van der Waals surface area contributed by atoms with Crippen LogP contribution in [-0.2, 0) is 9.53 Å². The van der Waals surface area contributed by atoms with Crippen molar-refractivity contribution in [1.82, 2.24) is 5.32 Å². The zero-order valence-corrected chi connectivity index (χ0v) is 18.0. The van der Waals surface area contributed by atoms with E-state index in [2.05, 4.69) is 17.6 Å². The number of anilines is 1. The summed E-state index contributed by atoms with van der Waals surface area (Å²) in [6.07, 6.45) is 0.905. The molecule has 156 valence electrons. The Morgan fingerprint density at radius 3 is 2.30 bits per heavy atom. The standard InChI is InChI=1S/C24H26N2O3S/c1-3-15-25-21(18-13-9-6-10-14-18)22(27)26-23-20(24(28)29-4-2)19(16-30-23)17-11-7-5-8-12-17/h5-14,16,21,25H,3-4,15H2,1-2H3,(H,26,27). The van der Waals surface area contributed by atoms with Crippen LogP contribution in [0.1, 0.15) is 42.2 Å². The molecule has 5 nitrogen and oxygen atoms in total. The van der Waals surface area contributed by atoms with Crippen molar-refractivity contribution in [1.29, 1.82) is 0 Å². The average molecular weight is 423 g/mol. The first-order valence-electron chi connectivity index (χ1n) is 10.1. The van der Waals surface area contributed by atoms with Crippen molar-refractivity contribution in [3.63, 3.8) is 0 Å². The van der Waals surface area contributed by atoms with Crippen LogP contribution < -0.4 is 10.6 Å². The summed E-state index contributed by atoms with van der Waals surface area (Å²) < 4.78 is 5.28. The maximum atomic E-state index is 13.2. The minimum Gasteiger partial charge on any atom is -0.462 e. The van der Waals surface area contributed by atoms with E-state index in [0.29, 0.717) is 17.1 Å². The minimum atomic E-state index is -0.511. The summed E-state index contributed by atoms with van der Waals surface area (Å²) in [5, 5.41) is 8.64. The van der Waals surface area contributed by atoms with Gasteiger partial charge in [-0.3, -0.25) is 4.79 Å². The Kier molecular flexibility index (Phi) is 7.76. The number of rotatable bonds is 9. The molecule has 6 heteroatoms. The topological polar surface area (TPSA) is 67.4 Å². The molecule has 1 unspecified atom stereocenters. The van der Waals surface area contributed by atoms with E-state index in [1.807, 2.05) is 66.0 Å². The Balaban J connectivity index is 1.93. The minimum absolute atomic E-state index is 0.207. The Morgan fingerprint density at radius 2 is 1.67 bits per heavy atom. The first-order chi connectivity index (χ1) is 14.7. The number of hydrogen-bond acceptors (Lipinski definition) is 5. The summed E-state index contributed by atoms with van der Waals surface area (Å²) in [5.74, 6) is -0.646. The molecule has 2 aromatic carbocycles. The maximum Gasteiger partial charge on any atom is 0.341 e. The monoisotopic (exact) mass is 422 g/mol. The smallest absolute Gasteiger partial charge is 0.341 e. The van der Waals surface area contributed by atoms with Crippen LogP contribution in [0, 0.1) is 0 Å². The van der Waals surface area contributed by atoms with Gasteiger partial charge in [0.25, 0.3) is 0 Å². The van der Waals surface area contributed by atoms with Crippen molar-refractivity contribution in [3.8, 4) is 11.1 Å². The highest BCUT2D eigenvalue weighted by Crippen LogP contribution is 2.36. The van der Waals surface area contributed by atoms with Crippen LogP contribution in [0.4, 0.5) is 5.00 Å². The van der Waals surface area contributed by atoms with Gasteiger partial charge >= 0.3 is 5.97 Å². The molecule has 0 bridgehead atoms. The molecule has 0 spiro atoms. The molecule has 0 aliphatic heterocycles. The van der Waals surface area contributed by atoms with Crippen LogP contribution in [0.15, 0.2) is 66.0 Å². The van der Waals surface area contributed by atoms with Crippen LogP contribution in [0.3, 0.4) is 0 Å². The molecule has 2 N–H and O–H groups in total.